The van der Waals surface area contributed by atoms with Gasteiger partial charge in [-0.3, -0.25) is 0 Å². The summed E-state index contributed by atoms with van der Waals surface area (Å²) in [5, 5.41) is 10.9. The molecule has 0 saturated heterocycles. The maximum atomic E-state index is 11.3. The SMILES string of the molecule is CCn1c(CSC(C)C)cc2cccc(C(=O)O)c21. The lowest BCUT2D eigenvalue weighted by atomic mass is 10.1. The molecule has 0 aliphatic rings. The molecular weight excluding hydrogens is 258 g/mol. The van der Waals surface area contributed by atoms with Gasteiger partial charge in [0, 0.05) is 23.4 Å². The van der Waals surface area contributed by atoms with Crippen molar-refractivity contribution in [2.24, 2.45) is 0 Å². The molecule has 1 N–H and O–H groups in total. The van der Waals surface area contributed by atoms with Gasteiger partial charge in [0.25, 0.3) is 0 Å². The summed E-state index contributed by atoms with van der Waals surface area (Å²) in [5.74, 6) is 0.0562. The minimum absolute atomic E-state index is 0.389. The second-order valence-corrected chi connectivity index (χ2v) is 6.35. The van der Waals surface area contributed by atoms with Crippen molar-refractivity contribution in [1.29, 1.82) is 0 Å². The lowest BCUT2D eigenvalue weighted by Gasteiger charge is -2.10. The van der Waals surface area contributed by atoms with Crippen molar-refractivity contribution in [2.75, 3.05) is 0 Å². The first-order valence-corrected chi connectivity index (χ1v) is 7.55. The van der Waals surface area contributed by atoms with E-state index in [4.69, 9.17) is 0 Å². The zero-order chi connectivity index (χ0) is 14.0. The summed E-state index contributed by atoms with van der Waals surface area (Å²) in [6, 6.07) is 7.58. The molecule has 0 radical (unpaired) electrons. The number of carboxylic acid groups (broad SMARTS) is 1. The molecular formula is C15H19NO2S. The van der Waals surface area contributed by atoms with Crippen LogP contribution in [-0.2, 0) is 12.3 Å². The molecule has 0 aliphatic carbocycles. The van der Waals surface area contributed by atoms with Crippen molar-refractivity contribution in [2.45, 2.75) is 38.3 Å². The number of hydrogen-bond donors (Lipinski definition) is 1. The van der Waals surface area contributed by atoms with Gasteiger partial charge in [-0.25, -0.2) is 4.79 Å². The molecule has 0 saturated carbocycles. The third kappa shape index (κ3) is 2.78. The number of fused-ring (bicyclic) bond motifs is 1. The molecule has 3 nitrogen and oxygen atoms in total. The molecule has 0 amide bonds. The van der Waals surface area contributed by atoms with E-state index >= 15 is 0 Å². The zero-order valence-electron chi connectivity index (χ0n) is 11.5. The highest BCUT2D eigenvalue weighted by Gasteiger charge is 2.15. The predicted molar refractivity (Wildman–Crippen MR) is 81.0 cm³/mol. The van der Waals surface area contributed by atoms with E-state index in [0.29, 0.717) is 10.8 Å². The van der Waals surface area contributed by atoms with Crippen LogP contribution in [0.15, 0.2) is 24.3 Å². The monoisotopic (exact) mass is 277 g/mol. The first kappa shape index (κ1) is 14.0. The van der Waals surface area contributed by atoms with Gasteiger partial charge in [-0.1, -0.05) is 26.0 Å². The largest absolute Gasteiger partial charge is 0.478 e. The molecule has 0 unspecified atom stereocenters. The van der Waals surface area contributed by atoms with Crippen LogP contribution < -0.4 is 0 Å². The van der Waals surface area contributed by atoms with Gasteiger partial charge in [0.2, 0.25) is 0 Å². The molecule has 0 atom stereocenters. The molecule has 0 bridgehead atoms. The zero-order valence-corrected chi connectivity index (χ0v) is 12.3. The topological polar surface area (TPSA) is 42.2 Å². The van der Waals surface area contributed by atoms with Crippen molar-refractivity contribution < 1.29 is 9.90 Å². The van der Waals surface area contributed by atoms with E-state index in [9.17, 15) is 9.90 Å². The van der Waals surface area contributed by atoms with E-state index < -0.39 is 5.97 Å². The molecule has 4 heteroatoms. The van der Waals surface area contributed by atoms with Crippen molar-refractivity contribution in [3.63, 3.8) is 0 Å². The molecule has 0 spiro atoms. The summed E-state index contributed by atoms with van der Waals surface area (Å²) in [6.45, 7) is 7.20. The highest BCUT2D eigenvalue weighted by atomic mass is 32.2. The Balaban J connectivity index is 2.55. The van der Waals surface area contributed by atoms with Crippen LogP contribution in [0.1, 0.15) is 36.8 Å². The van der Waals surface area contributed by atoms with Gasteiger partial charge < -0.3 is 9.67 Å². The predicted octanol–water partition coefficient (Wildman–Crippen LogP) is 4.00. The standard InChI is InChI=1S/C15H19NO2S/c1-4-16-12(9-19-10(2)3)8-11-6-5-7-13(14(11)16)15(17)18/h5-8,10H,4,9H2,1-3H3,(H,17,18). The Labute approximate surface area is 117 Å². The van der Waals surface area contributed by atoms with E-state index in [0.717, 1.165) is 23.2 Å². The second kappa shape index (κ2) is 5.70. The maximum Gasteiger partial charge on any atom is 0.337 e. The summed E-state index contributed by atoms with van der Waals surface area (Å²) in [7, 11) is 0. The van der Waals surface area contributed by atoms with Crippen LogP contribution in [-0.4, -0.2) is 20.9 Å². The lowest BCUT2D eigenvalue weighted by Crippen LogP contribution is -2.05. The molecule has 0 fully saturated rings. The average molecular weight is 277 g/mol. The van der Waals surface area contributed by atoms with Gasteiger partial charge in [0.15, 0.2) is 0 Å². The van der Waals surface area contributed by atoms with Gasteiger partial charge in [0.05, 0.1) is 11.1 Å². The molecule has 2 aromatic rings. The number of carbonyl (C=O) groups is 1. The Hall–Kier alpha value is -1.42. The van der Waals surface area contributed by atoms with Crippen LogP contribution in [0.2, 0.25) is 0 Å². The molecule has 1 aromatic heterocycles. The second-order valence-electron chi connectivity index (χ2n) is 4.79. The Morgan fingerprint density at radius 3 is 2.74 bits per heavy atom. The summed E-state index contributed by atoms with van der Waals surface area (Å²) in [5.41, 5.74) is 2.43. The molecule has 2 rings (SSSR count). The quantitative estimate of drug-likeness (QED) is 0.898. The number of para-hydroxylation sites is 1. The van der Waals surface area contributed by atoms with Crippen molar-refractivity contribution in [3.8, 4) is 0 Å². The van der Waals surface area contributed by atoms with Crippen molar-refractivity contribution in [1.82, 2.24) is 4.57 Å². The number of aromatic nitrogens is 1. The number of rotatable bonds is 5. The minimum atomic E-state index is -0.860. The van der Waals surface area contributed by atoms with Gasteiger partial charge >= 0.3 is 5.97 Å². The van der Waals surface area contributed by atoms with Gasteiger partial charge in [0.1, 0.15) is 0 Å². The smallest absolute Gasteiger partial charge is 0.337 e. The van der Waals surface area contributed by atoms with Crippen LogP contribution >= 0.6 is 11.8 Å². The lowest BCUT2D eigenvalue weighted by molar-refractivity contribution is 0.0698. The van der Waals surface area contributed by atoms with Gasteiger partial charge in [-0.05, 0) is 24.3 Å². The maximum absolute atomic E-state index is 11.3. The molecule has 1 aromatic carbocycles. The van der Waals surface area contributed by atoms with Crippen LogP contribution in [0.5, 0.6) is 0 Å². The van der Waals surface area contributed by atoms with E-state index in [1.54, 1.807) is 6.07 Å². The minimum Gasteiger partial charge on any atom is -0.478 e. The number of carboxylic acids is 1. The third-order valence-electron chi connectivity index (χ3n) is 3.12. The fourth-order valence-corrected chi connectivity index (χ4v) is 3.03. The summed E-state index contributed by atoms with van der Waals surface area (Å²) in [4.78, 5) is 11.3. The first-order chi connectivity index (χ1) is 9.04. The number of nitrogens with zero attached hydrogens (tertiary/aromatic N) is 1. The van der Waals surface area contributed by atoms with Gasteiger partial charge in [-0.2, -0.15) is 11.8 Å². The average Bonchev–Trinajstić information content (AvgIpc) is 2.73. The summed E-state index contributed by atoms with van der Waals surface area (Å²) in [6.07, 6.45) is 0. The van der Waals surface area contributed by atoms with Gasteiger partial charge in [-0.15, -0.1) is 0 Å². The van der Waals surface area contributed by atoms with Crippen LogP contribution in [0.3, 0.4) is 0 Å². The number of benzene rings is 1. The number of hydrogen-bond acceptors (Lipinski definition) is 2. The van der Waals surface area contributed by atoms with Crippen LogP contribution in [0.4, 0.5) is 0 Å². The number of thioether (sulfide) groups is 1. The molecule has 1 heterocycles. The summed E-state index contributed by atoms with van der Waals surface area (Å²) >= 11 is 1.88. The summed E-state index contributed by atoms with van der Waals surface area (Å²) < 4.78 is 2.12. The Kier molecular flexibility index (Phi) is 4.20. The number of aromatic carboxylic acids is 1. The van der Waals surface area contributed by atoms with Crippen LogP contribution in [0.25, 0.3) is 10.9 Å². The molecule has 0 aliphatic heterocycles. The highest BCUT2D eigenvalue weighted by molar-refractivity contribution is 7.99. The highest BCUT2D eigenvalue weighted by Crippen LogP contribution is 2.27. The third-order valence-corrected chi connectivity index (χ3v) is 4.25. The molecule has 102 valence electrons. The Morgan fingerprint density at radius 2 is 2.16 bits per heavy atom. The van der Waals surface area contributed by atoms with E-state index in [2.05, 4.69) is 31.4 Å². The van der Waals surface area contributed by atoms with Crippen LogP contribution in [0, 0.1) is 0 Å². The first-order valence-electron chi connectivity index (χ1n) is 6.50. The fourth-order valence-electron chi connectivity index (χ4n) is 2.29. The number of aryl methyl sites for hydroxylation is 1. The Morgan fingerprint density at radius 1 is 1.42 bits per heavy atom. The van der Waals surface area contributed by atoms with Crippen molar-refractivity contribution >= 4 is 28.6 Å². The fraction of sp³-hybridized carbons (Fsp3) is 0.400. The molecule has 19 heavy (non-hydrogen) atoms. The Bertz CT molecular complexity index is 601. The normalized spacial score (nSPS) is 11.4. The van der Waals surface area contributed by atoms with E-state index in [1.165, 1.54) is 5.69 Å². The van der Waals surface area contributed by atoms with Crippen molar-refractivity contribution in [3.05, 3.63) is 35.5 Å². The van der Waals surface area contributed by atoms with E-state index in [1.807, 2.05) is 23.9 Å². The van der Waals surface area contributed by atoms with E-state index in [-0.39, 0.29) is 0 Å².